The molecule has 0 spiro atoms. The number of H-pyrrole nitrogens is 1. The summed E-state index contributed by atoms with van der Waals surface area (Å²) in [6, 6.07) is 14.8. The van der Waals surface area contributed by atoms with Gasteiger partial charge in [0.1, 0.15) is 5.82 Å². The molecule has 4 fully saturated rings. The van der Waals surface area contributed by atoms with Crippen molar-refractivity contribution in [1.29, 1.82) is 0 Å². The maximum absolute atomic E-state index is 13.9. The number of rotatable bonds is 2. The monoisotopic (exact) mass is 443 g/mol. The molecule has 2 aromatic carbocycles. The zero-order valence-corrected chi connectivity index (χ0v) is 18.8. The summed E-state index contributed by atoms with van der Waals surface area (Å²) in [5, 5.41) is 4.79. The van der Waals surface area contributed by atoms with Gasteiger partial charge in [0.15, 0.2) is 0 Å². The van der Waals surface area contributed by atoms with E-state index < -0.39 is 0 Å². The highest BCUT2D eigenvalue weighted by atomic mass is 19.1. The van der Waals surface area contributed by atoms with E-state index >= 15 is 0 Å². The van der Waals surface area contributed by atoms with E-state index in [1.165, 1.54) is 42.3 Å². The molecule has 170 valence electrons. The molecule has 5 heteroatoms. The van der Waals surface area contributed by atoms with Crippen LogP contribution in [0.25, 0.3) is 10.9 Å². The molecule has 33 heavy (non-hydrogen) atoms. The fraction of sp³-hybridized carbons (Fsp3) is 0.464. The molecule has 1 atom stereocenters. The lowest BCUT2D eigenvalue weighted by Gasteiger charge is -2.57. The number of hydrogen-bond acceptors (Lipinski definition) is 1. The Morgan fingerprint density at radius 3 is 2.33 bits per heavy atom. The molecule has 4 aliphatic carbocycles. The van der Waals surface area contributed by atoms with Crippen molar-refractivity contribution in [2.24, 2.45) is 17.8 Å². The summed E-state index contributed by atoms with van der Waals surface area (Å²) in [4.78, 5) is 19.5. The molecule has 2 heterocycles. The standard InChI is InChI=1S/C28H30FN3O/c29-21-7-5-20(6-8-21)26-25-23(22-3-1-2-4-24(22)30-25)9-10-32(26)27(33)31-28-14-17-11-18(15-28)13-19(12-17)16-28/h1-8,17-19,26,30H,9-16H2,(H,31,33). The van der Waals surface area contributed by atoms with Gasteiger partial charge in [0.2, 0.25) is 0 Å². The van der Waals surface area contributed by atoms with Crippen molar-refractivity contribution < 1.29 is 9.18 Å². The quantitative estimate of drug-likeness (QED) is 0.506. The van der Waals surface area contributed by atoms with Gasteiger partial charge in [-0.05, 0) is 92.0 Å². The third-order valence-corrected chi connectivity index (χ3v) is 8.89. The summed E-state index contributed by atoms with van der Waals surface area (Å²) in [7, 11) is 0. The number of amides is 2. The van der Waals surface area contributed by atoms with E-state index in [2.05, 4.69) is 28.5 Å². The Hall–Kier alpha value is -2.82. The van der Waals surface area contributed by atoms with Gasteiger partial charge in [0.25, 0.3) is 0 Å². The Labute approximate surface area is 193 Å². The van der Waals surface area contributed by atoms with Crippen LogP contribution in [0.1, 0.15) is 61.4 Å². The van der Waals surface area contributed by atoms with Crippen molar-refractivity contribution in [2.45, 2.75) is 56.5 Å². The fourth-order valence-electron chi connectivity index (χ4n) is 8.01. The molecular weight excluding hydrogens is 413 g/mol. The van der Waals surface area contributed by atoms with E-state index in [4.69, 9.17) is 0 Å². The Kier molecular flexibility index (Phi) is 4.22. The summed E-state index contributed by atoms with van der Waals surface area (Å²) in [6.07, 6.45) is 8.30. The molecule has 1 aliphatic heterocycles. The lowest BCUT2D eigenvalue weighted by molar-refractivity contribution is -0.0163. The van der Waals surface area contributed by atoms with E-state index in [1.54, 1.807) is 0 Å². The van der Waals surface area contributed by atoms with Gasteiger partial charge in [0, 0.05) is 28.7 Å². The van der Waals surface area contributed by atoms with Crippen molar-refractivity contribution in [3.63, 3.8) is 0 Å². The molecule has 0 saturated heterocycles. The Balaban J connectivity index is 1.26. The average molecular weight is 444 g/mol. The minimum atomic E-state index is -0.254. The number of benzene rings is 2. The van der Waals surface area contributed by atoms with Crippen LogP contribution in [0.5, 0.6) is 0 Å². The van der Waals surface area contributed by atoms with Gasteiger partial charge >= 0.3 is 6.03 Å². The third-order valence-electron chi connectivity index (χ3n) is 8.89. The zero-order chi connectivity index (χ0) is 22.2. The first kappa shape index (κ1) is 19.6. The molecule has 0 radical (unpaired) electrons. The molecule has 2 amide bonds. The summed E-state index contributed by atoms with van der Waals surface area (Å²) in [5.41, 5.74) is 4.36. The number of para-hydroxylation sites is 1. The van der Waals surface area contributed by atoms with Gasteiger partial charge in [-0.1, -0.05) is 30.3 Å². The van der Waals surface area contributed by atoms with Crippen LogP contribution in [-0.4, -0.2) is 28.0 Å². The molecule has 5 aliphatic rings. The van der Waals surface area contributed by atoms with E-state index in [-0.39, 0.29) is 23.4 Å². The SMILES string of the molecule is O=C(NC12CC3CC(CC(C3)C1)C2)N1CCc2c([nH]c3ccccc23)C1c1ccc(F)cc1. The van der Waals surface area contributed by atoms with Crippen molar-refractivity contribution in [2.75, 3.05) is 6.54 Å². The highest BCUT2D eigenvalue weighted by molar-refractivity contribution is 5.86. The molecule has 3 aromatic rings. The minimum absolute atomic E-state index is 0.0279. The maximum atomic E-state index is 13.9. The highest BCUT2D eigenvalue weighted by Gasteiger charge is 2.52. The van der Waals surface area contributed by atoms with Crippen LogP contribution in [0.3, 0.4) is 0 Å². The number of fused-ring (bicyclic) bond motifs is 3. The van der Waals surface area contributed by atoms with E-state index in [9.17, 15) is 9.18 Å². The molecule has 8 rings (SSSR count). The summed E-state index contributed by atoms with van der Waals surface area (Å²) < 4.78 is 13.8. The average Bonchev–Trinajstić information content (AvgIpc) is 3.16. The van der Waals surface area contributed by atoms with Crippen LogP contribution < -0.4 is 5.32 Å². The maximum Gasteiger partial charge on any atom is 0.318 e. The predicted octanol–water partition coefficient (Wildman–Crippen LogP) is 5.93. The van der Waals surface area contributed by atoms with E-state index in [1.807, 2.05) is 23.1 Å². The Morgan fingerprint density at radius 2 is 1.64 bits per heavy atom. The first-order valence-corrected chi connectivity index (χ1v) is 12.5. The number of halogens is 1. The Morgan fingerprint density at radius 1 is 0.970 bits per heavy atom. The number of hydrogen-bond donors (Lipinski definition) is 2. The molecule has 2 N–H and O–H groups in total. The number of aromatic amines is 1. The fourth-order valence-corrected chi connectivity index (χ4v) is 8.01. The van der Waals surface area contributed by atoms with Crippen molar-refractivity contribution in [3.8, 4) is 0 Å². The molecule has 4 bridgehead atoms. The summed E-state index contributed by atoms with van der Waals surface area (Å²) in [6.45, 7) is 0.662. The number of nitrogens with zero attached hydrogens (tertiary/aromatic N) is 1. The molecule has 1 unspecified atom stereocenters. The third kappa shape index (κ3) is 3.12. The normalized spacial score (nSPS) is 32.2. The molecular formula is C28H30FN3O. The van der Waals surface area contributed by atoms with Gasteiger partial charge in [-0.2, -0.15) is 0 Å². The smallest absolute Gasteiger partial charge is 0.318 e. The second-order valence-corrected chi connectivity index (χ2v) is 11.1. The first-order chi connectivity index (χ1) is 16.1. The number of urea groups is 1. The lowest BCUT2D eigenvalue weighted by Crippen LogP contribution is -2.62. The predicted molar refractivity (Wildman–Crippen MR) is 126 cm³/mol. The van der Waals surface area contributed by atoms with Crippen LogP contribution in [0.4, 0.5) is 9.18 Å². The van der Waals surface area contributed by atoms with Crippen LogP contribution in [0, 0.1) is 23.6 Å². The van der Waals surface area contributed by atoms with E-state index in [0.717, 1.165) is 60.2 Å². The lowest BCUT2D eigenvalue weighted by atomic mass is 9.53. The number of nitrogens with one attached hydrogen (secondary N) is 2. The molecule has 1 aromatic heterocycles. The number of carbonyl (C=O) groups excluding carboxylic acids is 1. The van der Waals surface area contributed by atoms with Gasteiger partial charge in [-0.25, -0.2) is 9.18 Å². The molecule has 4 nitrogen and oxygen atoms in total. The van der Waals surface area contributed by atoms with Crippen molar-refractivity contribution in [1.82, 2.24) is 15.2 Å². The second kappa shape index (κ2) is 7.09. The van der Waals surface area contributed by atoms with Crippen LogP contribution in [-0.2, 0) is 6.42 Å². The largest absolute Gasteiger partial charge is 0.356 e. The molecule has 4 saturated carbocycles. The second-order valence-electron chi connectivity index (χ2n) is 11.1. The Bertz CT molecular complexity index is 1190. The highest BCUT2D eigenvalue weighted by Crippen LogP contribution is 2.55. The van der Waals surface area contributed by atoms with Gasteiger partial charge in [-0.15, -0.1) is 0 Å². The van der Waals surface area contributed by atoms with Crippen molar-refractivity contribution in [3.05, 3.63) is 71.2 Å². The van der Waals surface area contributed by atoms with Crippen molar-refractivity contribution >= 4 is 16.9 Å². The van der Waals surface area contributed by atoms with Crippen LogP contribution >= 0.6 is 0 Å². The summed E-state index contributed by atoms with van der Waals surface area (Å²) in [5.74, 6) is 2.10. The zero-order valence-electron chi connectivity index (χ0n) is 18.8. The number of aromatic nitrogens is 1. The van der Waals surface area contributed by atoms with Gasteiger partial charge in [0.05, 0.1) is 6.04 Å². The van der Waals surface area contributed by atoms with E-state index in [0.29, 0.717) is 6.54 Å². The number of carbonyl (C=O) groups is 1. The van der Waals surface area contributed by atoms with Gasteiger partial charge < -0.3 is 15.2 Å². The van der Waals surface area contributed by atoms with Crippen LogP contribution in [0.2, 0.25) is 0 Å². The van der Waals surface area contributed by atoms with Crippen LogP contribution in [0.15, 0.2) is 48.5 Å². The minimum Gasteiger partial charge on any atom is -0.356 e. The first-order valence-electron chi connectivity index (χ1n) is 12.5. The summed E-state index contributed by atoms with van der Waals surface area (Å²) >= 11 is 0. The topological polar surface area (TPSA) is 48.1 Å². The van der Waals surface area contributed by atoms with Gasteiger partial charge in [-0.3, -0.25) is 0 Å².